The summed E-state index contributed by atoms with van der Waals surface area (Å²) < 4.78 is 23.7. The molecule has 0 aliphatic carbocycles. The zero-order valence-corrected chi connectivity index (χ0v) is 12.8. The summed E-state index contributed by atoms with van der Waals surface area (Å²) in [5, 5.41) is 21.6. The van der Waals surface area contributed by atoms with Crippen LogP contribution in [0.5, 0.6) is 0 Å². The molecule has 1 aliphatic rings. The van der Waals surface area contributed by atoms with Gasteiger partial charge in [0.15, 0.2) is 0 Å². The third kappa shape index (κ3) is 5.57. The van der Waals surface area contributed by atoms with Crippen molar-refractivity contribution in [1.82, 2.24) is 5.32 Å². The van der Waals surface area contributed by atoms with E-state index in [-0.39, 0.29) is 25.0 Å². The Bertz CT molecular complexity index is 442. The number of nitrogens with zero attached hydrogens (tertiary/aromatic N) is 1. The lowest BCUT2D eigenvalue weighted by molar-refractivity contribution is -0.418. The van der Waals surface area contributed by atoms with Crippen molar-refractivity contribution in [2.24, 2.45) is 5.73 Å². The van der Waals surface area contributed by atoms with Crippen LogP contribution in [-0.4, -0.2) is 48.9 Å². The first-order valence-electron chi connectivity index (χ1n) is 7.13. The molecule has 22 heavy (non-hydrogen) atoms. The molecule has 1 heterocycles. The van der Waals surface area contributed by atoms with Gasteiger partial charge in [0.2, 0.25) is 0 Å². The topological polar surface area (TPSA) is 124 Å². The Balaban J connectivity index is 2.73. The zero-order valence-electron chi connectivity index (χ0n) is 12.8. The maximum Gasteiger partial charge on any atom is 0.348 e. The van der Waals surface area contributed by atoms with Crippen LogP contribution in [0.25, 0.3) is 0 Å². The minimum Gasteiger partial charge on any atom is -0.473 e. The van der Waals surface area contributed by atoms with Gasteiger partial charge in [0.05, 0.1) is 29.9 Å². The van der Waals surface area contributed by atoms with Crippen molar-refractivity contribution in [3.8, 4) is 0 Å². The molecule has 0 aromatic rings. The lowest BCUT2D eigenvalue weighted by Gasteiger charge is -2.27. The van der Waals surface area contributed by atoms with Gasteiger partial charge < -0.3 is 20.5 Å². The van der Waals surface area contributed by atoms with Crippen LogP contribution in [0.1, 0.15) is 26.7 Å². The van der Waals surface area contributed by atoms with Gasteiger partial charge in [-0.1, -0.05) is 0 Å². The van der Waals surface area contributed by atoms with Crippen molar-refractivity contribution in [2.45, 2.75) is 44.9 Å². The van der Waals surface area contributed by atoms with E-state index in [1.807, 2.05) is 0 Å². The van der Waals surface area contributed by atoms with E-state index in [9.17, 15) is 14.5 Å². The quantitative estimate of drug-likeness (QED) is 0.278. The SMILES string of the molecule is C/C(NC1CCOCC1F)=C(/C(=N)OCCC(C)N)[N+](=O)[O-]. The Morgan fingerprint density at radius 3 is 2.91 bits per heavy atom. The molecule has 4 N–H and O–H groups in total. The van der Waals surface area contributed by atoms with Crippen LogP contribution in [-0.2, 0) is 9.47 Å². The summed E-state index contributed by atoms with van der Waals surface area (Å²) in [6, 6.07) is -0.690. The molecule has 1 aliphatic heterocycles. The lowest BCUT2D eigenvalue weighted by Crippen LogP contribution is -2.44. The fourth-order valence-corrected chi connectivity index (χ4v) is 2.02. The molecule has 0 aromatic carbocycles. The summed E-state index contributed by atoms with van der Waals surface area (Å²) in [5.74, 6) is -0.557. The predicted molar refractivity (Wildman–Crippen MR) is 78.9 cm³/mol. The summed E-state index contributed by atoms with van der Waals surface area (Å²) in [6.45, 7) is 3.67. The molecule has 0 amide bonds. The van der Waals surface area contributed by atoms with E-state index in [1.165, 1.54) is 6.92 Å². The monoisotopic (exact) mass is 318 g/mol. The van der Waals surface area contributed by atoms with E-state index in [2.05, 4.69) is 5.32 Å². The minimum absolute atomic E-state index is 0.0406. The van der Waals surface area contributed by atoms with Crippen molar-refractivity contribution in [3.05, 3.63) is 21.5 Å². The van der Waals surface area contributed by atoms with Gasteiger partial charge in [0, 0.05) is 12.6 Å². The van der Waals surface area contributed by atoms with E-state index in [0.29, 0.717) is 19.4 Å². The standard InChI is InChI=1S/C13H23FN4O4/c1-8(15)3-6-22-13(16)12(18(19)20)9(2)17-11-4-5-21-7-10(11)14/h8,10-11,16-17H,3-7,15H2,1-2H3/b12-9+,16-13?. The van der Waals surface area contributed by atoms with E-state index in [1.54, 1.807) is 6.92 Å². The van der Waals surface area contributed by atoms with Crippen LogP contribution in [0, 0.1) is 15.5 Å². The number of nitro groups is 1. The Morgan fingerprint density at radius 1 is 1.68 bits per heavy atom. The molecule has 0 saturated carbocycles. The van der Waals surface area contributed by atoms with Gasteiger partial charge in [-0.2, -0.15) is 0 Å². The van der Waals surface area contributed by atoms with Gasteiger partial charge >= 0.3 is 5.70 Å². The largest absolute Gasteiger partial charge is 0.473 e. The number of hydrogen-bond donors (Lipinski definition) is 3. The van der Waals surface area contributed by atoms with Crippen molar-refractivity contribution in [2.75, 3.05) is 19.8 Å². The summed E-state index contributed by atoms with van der Waals surface area (Å²) >= 11 is 0. The lowest BCUT2D eigenvalue weighted by atomic mass is 10.1. The number of nitrogens with one attached hydrogen (secondary N) is 2. The third-order valence-corrected chi connectivity index (χ3v) is 3.26. The molecule has 3 unspecified atom stereocenters. The highest BCUT2D eigenvalue weighted by atomic mass is 19.1. The number of hydrogen-bond acceptors (Lipinski definition) is 7. The first kappa shape index (κ1) is 18.3. The first-order chi connectivity index (χ1) is 10.3. The highest BCUT2D eigenvalue weighted by molar-refractivity contribution is 5.89. The van der Waals surface area contributed by atoms with Gasteiger partial charge in [-0.15, -0.1) is 0 Å². The molecule has 1 rings (SSSR count). The van der Waals surface area contributed by atoms with Crippen molar-refractivity contribution in [1.29, 1.82) is 5.41 Å². The molecule has 126 valence electrons. The maximum absolute atomic E-state index is 13.7. The molecule has 3 atom stereocenters. The van der Waals surface area contributed by atoms with E-state index in [4.69, 9.17) is 20.6 Å². The molecule has 0 spiro atoms. The number of allylic oxidation sites excluding steroid dienone is 1. The summed E-state index contributed by atoms with van der Waals surface area (Å²) in [5.41, 5.74) is 5.16. The summed E-state index contributed by atoms with van der Waals surface area (Å²) in [7, 11) is 0. The van der Waals surface area contributed by atoms with Gasteiger partial charge in [-0.3, -0.25) is 15.5 Å². The number of nitrogens with two attached hydrogens (primary N) is 1. The third-order valence-electron chi connectivity index (χ3n) is 3.26. The fourth-order valence-electron chi connectivity index (χ4n) is 2.02. The van der Waals surface area contributed by atoms with Gasteiger partial charge in [0.1, 0.15) is 6.17 Å². The second-order valence-corrected chi connectivity index (χ2v) is 5.30. The molecule has 0 radical (unpaired) electrons. The number of rotatable bonds is 7. The van der Waals surface area contributed by atoms with Crippen molar-refractivity contribution >= 4 is 5.90 Å². The molecule has 8 nitrogen and oxygen atoms in total. The number of halogens is 1. The Morgan fingerprint density at radius 2 is 2.36 bits per heavy atom. The molecule has 1 saturated heterocycles. The van der Waals surface area contributed by atoms with E-state index < -0.39 is 28.7 Å². The minimum atomic E-state index is -1.25. The van der Waals surface area contributed by atoms with Gasteiger partial charge in [-0.25, -0.2) is 4.39 Å². The van der Waals surface area contributed by atoms with Crippen LogP contribution >= 0.6 is 0 Å². The normalized spacial score (nSPS) is 24.2. The molecule has 0 aromatic heterocycles. The zero-order chi connectivity index (χ0) is 16.7. The Labute approximate surface area is 128 Å². The fraction of sp³-hybridized carbons (Fsp3) is 0.769. The highest BCUT2D eigenvalue weighted by Gasteiger charge is 2.29. The number of ether oxygens (including phenoxy) is 2. The smallest absolute Gasteiger partial charge is 0.348 e. The second kappa shape index (κ2) is 8.64. The maximum atomic E-state index is 13.7. The van der Waals surface area contributed by atoms with Crippen LogP contribution in [0.3, 0.4) is 0 Å². The van der Waals surface area contributed by atoms with Crippen LogP contribution in [0.15, 0.2) is 11.4 Å². The van der Waals surface area contributed by atoms with Crippen LogP contribution in [0.4, 0.5) is 4.39 Å². The molecule has 1 fully saturated rings. The molecule has 0 bridgehead atoms. The van der Waals surface area contributed by atoms with Crippen molar-refractivity contribution in [3.63, 3.8) is 0 Å². The molecular formula is C13H23FN4O4. The van der Waals surface area contributed by atoms with Gasteiger partial charge in [-0.05, 0) is 26.7 Å². The van der Waals surface area contributed by atoms with Crippen LogP contribution in [0.2, 0.25) is 0 Å². The summed E-state index contributed by atoms with van der Waals surface area (Å²) in [6.07, 6.45) is -0.362. The number of alkyl halides is 1. The van der Waals surface area contributed by atoms with E-state index >= 15 is 0 Å². The van der Waals surface area contributed by atoms with Crippen molar-refractivity contribution < 1.29 is 18.8 Å². The van der Waals surface area contributed by atoms with Crippen LogP contribution < -0.4 is 11.1 Å². The average molecular weight is 318 g/mol. The Kier molecular flexibility index (Phi) is 7.19. The highest BCUT2D eigenvalue weighted by Crippen LogP contribution is 2.15. The van der Waals surface area contributed by atoms with Gasteiger partial charge in [0.25, 0.3) is 5.90 Å². The summed E-state index contributed by atoms with van der Waals surface area (Å²) in [4.78, 5) is 10.4. The molecular weight excluding hydrogens is 295 g/mol. The second-order valence-electron chi connectivity index (χ2n) is 5.30. The molecule has 9 heteroatoms. The Hall–Kier alpha value is -1.74. The van der Waals surface area contributed by atoms with E-state index in [0.717, 1.165) is 0 Å². The predicted octanol–water partition coefficient (Wildman–Crippen LogP) is 0.942. The first-order valence-corrected chi connectivity index (χ1v) is 7.13. The average Bonchev–Trinajstić information content (AvgIpc) is 2.40.